The second-order valence-electron chi connectivity index (χ2n) is 6.07. The minimum atomic E-state index is -0.176. The molecule has 0 aliphatic heterocycles. The van der Waals surface area contributed by atoms with Crippen molar-refractivity contribution < 1.29 is 14.3 Å². The van der Waals surface area contributed by atoms with Gasteiger partial charge in [0.25, 0.3) is 0 Å². The Labute approximate surface area is 163 Å². The lowest BCUT2D eigenvalue weighted by Gasteiger charge is -2.07. The van der Waals surface area contributed by atoms with E-state index in [4.69, 9.17) is 9.47 Å². The first-order chi connectivity index (χ1) is 13.7. The molecule has 0 saturated heterocycles. The summed E-state index contributed by atoms with van der Waals surface area (Å²) in [6.07, 6.45) is 6.40. The molecule has 3 rings (SSSR count). The van der Waals surface area contributed by atoms with Crippen molar-refractivity contribution in [2.24, 2.45) is 0 Å². The summed E-state index contributed by atoms with van der Waals surface area (Å²) in [5, 5.41) is 6.96. The fourth-order valence-corrected chi connectivity index (χ4v) is 2.63. The highest BCUT2D eigenvalue weighted by molar-refractivity contribution is 5.92. The van der Waals surface area contributed by atoms with Crippen LogP contribution in [0.1, 0.15) is 16.7 Å². The third-order valence-electron chi connectivity index (χ3n) is 4.16. The van der Waals surface area contributed by atoms with Gasteiger partial charge in [-0.3, -0.25) is 4.79 Å². The predicted octanol–water partition coefficient (Wildman–Crippen LogP) is 2.67. The van der Waals surface area contributed by atoms with Crippen LogP contribution in [-0.2, 0) is 17.9 Å². The number of benzene rings is 2. The Morgan fingerprint density at radius 1 is 1.11 bits per heavy atom. The number of carbonyl (C=O) groups excluding carboxylic acids is 1. The molecule has 144 valence electrons. The SMILES string of the molecule is COc1ccc(/C=C/C(=O)NCc2ccc(Cn3cncn3)cc2)c(OC)c1. The molecule has 0 aliphatic carbocycles. The number of methoxy groups -OCH3 is 2. The van der Waals surface area contributed by atoms with E-state index < -0.39 is 0 Å². The summed E-state index contributed by atoms with van der Waals surface area (Å²) in [7, 11) is 3.18. The van der Waals surface area contributed by atoms with Crippen molar-refractivity contribution in [3.63, 3.8) is 0 Å². The molecule has 0 bridgehead atoms. The molecular formula is C21H22N4O3. The van der Waals surface area contributed by atoms with Gasteiger partial charge in [-0.05, 0) is 29.3 Å². The summed E-state index contributed by atoms with van der Waals surface area (Å²) < 4.78 is 12.3. The minimum Gasteiger partial charge on any atom is -0.497 e. The predicted molar refractivity (Wildman–Crippen MR) is 106 cm³/mol. The van der Waals surface area contributed by atoms with Crippen LogP contribution in [0.4, 0.5) is 0 Å². The van der Waals surface area contributed by atoms with E-state index in [0.717, 1.165) is 16.7 Å². The van der Waals surface area contributed by atoms with Gasteiger partial charge in [-0.15, -0.1) is 0 Å². The van der Waals surface area contributed by atoms with Gasteiger partial charge in [0.1, 0.15) is 24.2 Å². The van der Waals surface area contributed by atoms with E-state index in [9.17, 15) is 4.79 Å². The Bertz CT molecular complexity index is 935. The van der Waals surface area contributed by atoms with Gasteiger partial charge in [-0.1, -0.05) is 24.3 Å². The summed E-state index contributed by atoms with van der Waals surface area (Å²) in [5.74, 6) is 1.17. The Kier molecular flexibility index (Phi) is 6.41. The molecule has 2 aromatic carbocycles. The first-order valence-corrected chi connectivity index (χ1v) is 8.76. The minimum absolute atomic E-state index is 0.176. The highest BCUT2D eigenvalue weighted by Gasteiger charge is 2.03. The first kappa shape index (κ1) is 19.2. The quantitative estimate of drug-likeness (QED) is 0.610. The summed E-state index contributed by atoms with van der Waals surface area (Å²) in [6, 6.07) is 13.4. The highest BCUT2D eigenvalue weighted by Crippen LogP contribution is 2.25. The molecule has 28 heavy (non-hydrogen) atoms. The lowest BCUT2D eigenvalue weighted by molar-refractivity contribution is -0.116. The standard InChI is InChI=1S/C21H22N4O3/c1-27-19-9-7-18(20(11-19)28-2)8-10-21(26)23-12-16-3-5-17(6-4-16)13-25-15-22-14-24-25/h3-11,14-15H,12-13H2,1-2H3,(H,23,26)/b10-8+. The number of amides is 1. The van der Waals surface area contributed by atoms with E-state index in [1.54, 1.807) is 37.4 Å². The normalized spacial score (nSPS) is 10.8. The van der Waals surface area contributed by atoms with Gasteiger partial charge in [0, 0.05) is 24.3 Å². The van der Waals surface area contributed by atoms with Crippen molar-refractivity contribution in [2.45, 2.75) is 13.1 Å². The number of ether oxygens (including phenoxy) is 2. The molecule has 0 aliphatic rings. The molecule has 7 heteroatoms. The molecular weight excluding hydrogens is 356 g/mol. The molecule has 0 spiro atoms. The van der Waals surface area contributed by atoms with Gasteiger partial charge in [0.15, 0.2) is 0 Å². The number of nitrogens with zero attached hydrogens (tertiary/aromatic N) is 3. The lowest BCUT2D eigenvalue weighted by atomic mass is 10.1. The van der Waals surface area contributed by atoms with Gasteiger partial charge in [-0.25, -0.2) is 9.67 Å². The van der Waals surface area contributed by atoms with E-state index in [1.807, 2.05) is 36.4 Å². The fraction of sp³-hybridized carbons (Fsp3) is 0.190. The number of nitrogens with one attached hydrogen (secondary N) is 1. The van der Waals surface area contributed by atoms with Gasteiger partial charge < -0.3 is 14.8 Å². The largest absolute Gasteiger partial charge is 0.497 e. The lowest BCUT2D eigenvalue weighted by Crippen LogP contribution is -2.20. The van der Waals surface area contributed by atoms with E-state index in [-0.39, 0.29) is 5.91 Å². The van der Waals surface area contributed by atoms with Crippen LogP contribution in [0.5, 0.6) is 11.5 Å². The number of hydrogen-bond acceptors (Lipinski definition) is 5. The van der Waals surface area contributed by atoms with Crippen molar-refractivity contribution in [1.82, 2.24) is 20.1 Å². The van der Waals surface area contributed by atoms with Gasteiger partial charge >= 0.3 is 0 Å². The average molecular weight is 378 g/mol. The molecule has 7 nitrogen and oxygen atoms in total. The number of hydrogen-bond donors (Lipinski definition) is 1. The summed E-state index contributed by atoms with van der Waals surface area (Å²) in [4.78, 5) is 16.0. The molecule has 0 fully saturated rings. The second kappa shape index (κ2) is 9.36. The topological polar surface area (TPSA) is 78.3 Å². The van der Waals surface area contributed by atoms with Gasteiger partial charge in [0.05, 0.1) is 20.8 Å². The van der Waals surface area contributed by atoms with Crippen LogP contribution in [0.3, 0.4) is 0 Å². The summed E-state index contributed by atoms with van der Waals surface area (Å²) in [5.41, 5.74) is 2.94. The van der Waals surface area contributed by atoms with E-state index >= 15 is 0 Å². The average Bonchev–Trinajstić information content (AvgIpc) is 3.24. The molecule has 3 aromatic rings. The number of carbonyl (C=O) groups is 1. The third kappa shape index (κ3) is 5.20. The van der Waals surface area contributed by atoms with Crippen LogP contribution < -0.4 is 14.8 Å². The van der Waals surface area contributed by atoms with Crippen molar-refractivity contribution in [3.8, 4) is 11.5 Å². The first-order valence-electron chi connectivity index (χ1n) is 8.76. The molecule has 1 N–H and O–H groups in total. The van der Waals surface area contributed by atoms with E-state index in [2.05, 4.69) is 15.4 Å². The maximum atomic E-state index is 12.1. The Morgan fingerprint density at radius 2 is 1.89 bits per heavy atom. The molecule has 0 unspecified atom stereocenters. The summed E-state index contributed by atoms with van der Waals surface area (Å²) in [6.45, 7) is 1.12. The molecule has 0 saturated carbocycles. The smallest absolute Gasteiger partial charge is 0.244 e. The molecule has 1 amide bonds. The van der Waals surface area contributed by atoms with E-state index in [1.165, 1.54) is 12.4 Å². The van der Waals surface area contributed by atoms with Crippen LogP contribution >= 0.6 is 0 Å². The van der Waals surface area contributed by atoms with Crippen LogP contribution in [-0.4, -0.2) is 34.9 Å². The van der Waals surface area contributed by atoms with Gasteiger partial charge in [0.2, 0.25) is 5.91 Å². The van der Waals surface area contributed by atoms with Crippen LogP contribution in [0.15, 0.2) is 61.2 Å². The zero-order valence-corrected chi connectivity index (χ0v) is 15.8. The fourth-order valence-electron chi connectivity index (χ4n) is 2.63. The number of rotatable bonds is 8. The van der Waals surface area contributed by atoms with Crippen LogP contribution in [0, 0.1) is 0 Å². The highest BCUT2D eigenvalue weighted by atomic mass is 16.5. The van der Waals surface area contributed by atoms with Crippen LogP contribution in [0.2, 0.25) is 0 Å². The monoisotopic (exact) mass is 378 g/mol. The van der Waals surface area contributed by atoms with E-state index in [0.29, 0.717) is 24.6 Å². The van der Waals surface area contributed by atoms with Crippen molar-refractivity contribution >= 4 is 12.0 Å². The third-order valence-corrected chi connectivity index (χ3v) is 4.16. The Balaban J connectivity index is 1.53. The zero-order valence-electron chi connectivity index (χ0n) is 15.8. The summed E-state index contributed by atoms with van der Waals surface area (Å²) >= 11 is 0. The van der Waals surface area contributed by atoms with Crippen molar-refractivity contribution in [1.29, 1.82) is 0 Å². The molecule has 0 radical (unpaired) electrons. The molecule has 1 heterocycles. The Morgan fingerprint density at radius 3 is 2.57 bits per heavy atom. The maximum absolute atomic E-state index is 12.1. The van der Waals surface area contributed by atoms with Crippen molar-refractivity contribution in [3.05, 3.63) is 77.9 Å². The molecule has 0 atom stereocenters. The van der Waals surface area contributed by atoms with Gasteiger partial charge in [-0.2, -0.15) is 5.10 Å². The Hall–Kier alpha value is -3.61. The molecule has 1 aromatic heterocycles. The number of aromatic nitrogens is 3. The zero-order chi connectivity index (χ0) is 19.8. The van der Waals surface area contributed by atoms with Crippen molar-refractivity contribution in [2.75, 3.05) is 14.2 Å². The maximum Gasteiger partial charge on any atom is 0.244 e. The second-order valence-corrected chi connectivity index (χ2v) is 6.07. The van der Waals surface area contributed by atoms with Crippen LogP contribution in [0.25, 0.3) is 6.08 Å².